The van der Waals surface area contributed by atoms with Crippen LogP contribution in [-0.4, -0.2) is 38.7 Å². The summed E-state index contributed by atoms with van der Waals surface area (Å²) in [6.45, 7) is 2.80. The highest BCUT2D eigenvalue weighted by Crippen LogP contribution is 2.34. The third-order valence-corrected chi connectivity index (χ3v) is 5.03. The number of amides is 1. The van der Waals surface area contributed by atoms with Crippen LogP contribution in [0.25, 0.3) is 11.3 Å². The quantitative estimate of drug-likeness (QED) is 0.862. The Kier molecular flexibility index (Phi) is 4.68. The molecule has 1 saturated heterocycles. The van der Waals surface area contributed by atoms with Crippen LogP contribution in [0.3, 0.4) is 0 Å². The van der Waals surface area contributed by atoms with E-state index in [1.165, 1.54) is 17.0 Å². The Morgan fingerprint density at radius 2 is 1.77 bits per heavy atom. The molecule has 0 spiro atoms. The van der Waals surface area contributed by atoms with Crippen LogP contribution in [0.2, 0.25) is 0 Å². The molecule has 2 aromatic rings. The van der Waals surface area contributed by atoms with Gasteiger partial charge in [-0.3, -0.25) is 0 Å². The fourth-order valence-electron chi connectivity index (χ4n) is 3.39. The molecule has 0 bridgehead atoms. The van der Waals surface area contributed by atoms with Gasteiger partial charge >= 0.3 is 12.3 Å². The van der Waals surface area contributed by atoms with Crippen LogP contribution in [0.1, 0.15) is 35.8 Å². The smallest absolute Gasteiger partial charge is 0.416 e. The van der Waals surface area contributed by atoms with Crippen LogP contribution < -0.4 is 0 Å². The lowest BCUT2D eigenvalue weighted by Gasteiger charge is -2.29. The number of likely N-dealkylation sites (tertiary alicyclic amines) is 1. The van der Waals surface area contributed by atoms with Crippen molar-refractivity contribution in [2.24, 2.45) is 7.05 Å². The van der Waals surface area contributed by atoms with Crippen LogP contribution >= 0.6 is 0 Å². The fourth-order valence-corrected chi connectivity index (χ4v) is 3.39. The van der Waals surface area contributed by atoms with Crippen molar-refractivity contribution in [1.82, 2.24) is 14.5 Å². The second-order valence-electron chi connectivity index (χ2n) is 6.58. The minimum atomic E-state index is -4.36. The van der Waals surface area contributed by atoms with Gasteiger partial charge in [-0.25, -0.2) is 9.78 Å². The maximum atomic E-state index is 12.7. The summed E-state index contributed by atoms with van der Waals surface area (Å²) >= 11 is 0. The Labute approximate surface area is 149 Å². The highest BCUT2D eigenvalue weighted by atomic mass is 19.4. The van der Waals surface area contributed by atoms with E-state index in [1.807, 2.05) is 18.5 Å². The van der Waals surface area contributed by atoms with Gasteiger partial charge in [0, 0.05) is 37.3 Å². The van der Waals surface area contributed by atoms with E-state index in [1.54, 1.807) is 0 Å². The van der Waals surface area contributed by atoms with E-state index < -0.39 is 17.8 Å². The van der Waals surface area contributed by atoms with Crippen molar-refractivity contribution in [1.29, 1.82) is 0 Å². The monoisotopic (exact) mass is 367 g/mol. The summed E-state index contributed by atoms with van der Waals surface area (Å²) in [6.07, 6.45) is -3.91. The topological polar surface area (TPSA) is 58.4 Å². The first-order chi connectivity index (χ1) is 12.2. The van der Waals surface area contributed by atoms with E-state index in [0.29, 0.717) is 37.2 Å². The Hall–Kier alpha value is -2.51. The first kappa shape index (κ1) is 18.3. The second kappa shape index (κ2) is 6.66. The number of benzene rings is 1. The molecule has 1 aliphatic heterocycles. The van der Waals surface area contributed by atoms with Crippen LogP contribution in [0.5, 0.6) is 0 Å². The summed E-state index contributed by atoms with van der Waals surface area (Å²) in [6, 6.07) is 5.01. The molecule has 1 aromatic carbocycles. The maximum absolute atomic E-state index is 12.7. The fraction of sp³-hybridized carbons (Fsp3) is 0.444. The summed E-state index contributed by atoms with van der Waals surface area (Å²) in [4.78, 5) is 17.1. The number of carboxylic acid groups (broad SMARTS) is 1. The maximum Gasteiger partial charge on any atom is 0.416 e. The number of rotatable bonds is 2. The molecule has 0 atom stereocenters. The molecule has 0 radical (unpaired) electrons. The number of carbonyl (C=O) groups is 1. The number of hydrogen-bond donors (Lipinski definition) is 1. The van der Waals surface area contributed by atoms with E-state index >= 15 is 0 Å². The number of piperidine rings is 1. The number of alkyl halides is 3. The van der Waals surface area contributed by atoms with E-state index in [9.17, 15) is 18.0 Å². The van der Waals surface area contributed by atoms with Gasteiger partial charge in [-0.05, 0) is 31.9 Å². The third-order valence-electron chi connectivity index (χ3n) is 5.03. The third kappa shape index (κ3) is 3.40. The van der Waals surface area contributed by atoms with E-state index in [4.69, 9.17) is 5.11 Å². The van der Waals surface area contributed by atoms with E-state index in [2.05, 4.69) is 4.98 Å². The standard InChI is InChI=1S/C18H20F3N3O2/c1-11-15(12-3-5-14(6-4-12)18(19,20)21)22-16(23(11)2)13-7-9-24(10-8-13)17(25)26/h3-6,13H,7-10H2,1-2H3,(H,25,26). The molecule has 1 aliphatic rings. The minimum absolute atomic E-state index is 0.137. The number of aromatic nitrogens is 2. The molecule has 1 aromatic heterocycles. The SMILES string of the molecule is Cc1c(-c2ccc(C(F)(F)F)cc2)nc(C2CCN(C(=O)O)CC2)n1C. The van der Waals surface area contributed by atoms with Crippen molar-refractivity contribution in [3.8, 4) is 11.3 Å². The van der Waals surface area contributed by atoms with Crippen molar-refractivity contribution in [2.75, 3.05) is 13.1 Å². The Morgan fingerprint density at radius 1 is 1.19 bits per heavy atom. The number of imidazole rings is 1. The number of nitrogens with zero attached hydrogens (tertiary/aromatic N) is 3. The molecular weight excluding hydrogens is 347 g/mol. The van der Waals surface area contributed by atoms with Crippen LogP contribution in [0.15, 0.2) is 24.3 Å². The van der Waals surface area contributed by atoms with Gasteiger partial charge in [-0.2, -0.15) is 13.2 Å². The predicted octanol–water partition coefficient (Wildman–Crippen LogP) is 4.27. The Bertz CT molecular complexity index is 804. The highest BCUT2D eigenvalue weighted by molar-refractivity contribution is 5.65. The van der Waals surface area contributed by atoms with Gasteiger partial charge in [0.15, 0.2) is 0 Å². The average Bonchev–Trinajstić information content (AvgIpc) is 2.90. The van der Waals surface area contributed by atoms with Gasteiger partial charge in [0.2, 0.25) is 0 Å². The zero-order valence-corrected chi connectivity index (χ0v) is 14.5. The Morgan fingerprint density at radius 3 is 2.27 bits per heavy atom. The zero-order chi connectivity index (χ0) is 19.1. The molecule has 140 valence electrons. The molecule has 0 saturated carbocycles. The van der Waals surface area contributed by atoms with Gasteiger partial charge in [-0.15, -0.1) is 0 Å². The van der Waals surface area contributed by atoms with Crippen LogP contribution in [-0.2, 0) is 13.2 Å². The summed E-state index contributed by atoms with van der Waals surface area (Å²) in [7, 11) is 1.88. The molecule has 3 rings (SSSR count). The summed E-state index contributed by atoms with van der Waals surface area (Å²) < 4.78 is 40.2. The first-order valence-corrected chi connectivity index (χ1v) is 8.37. The first-order valence-electron chi connectivity index (χ1n) is 8.37. The van der Waals surface area contributed by atoms with Crippen molar-refractivity contribution in [2.45, 2.75) is 31.9 Å². The summed E-state index contributed by atoms with van der Waals surface area (Å²) in [5.41, 5.74) is 1.49. The molecule has 5 nitrogen and oxygen atoms in total. The van der Waals surface area contributed by atoms with Gasteiger partial charge in [0.25, 0.3) is 0 Å². The van der Waals surface area contributed by atoms with Crippen molar-refractivity contribution >= 4 is 6.09 Å². The molecule has 8 heteroatoms. The molecule has 2 heterocycles. The number of halogens is 3. The summed E-state index contributed by atoms with van der Waals surface area (Å²) in [5, 5.41) is 9.05. The van der Waals surface area contributed by atoms with Crippen molar-refractivity contribution < 1.29 is 23.1 Å². The molecule has 1 fully saturated rings. The van der Waals surface area contributed by atoms with Crippen LogP contribution in [0, 0.1) is 6.92 Å². The molecule has 26 heavy (non-hydrogen) atoms. The van der Waals surface area contributed by atoms with E-state index in [-0.39, 0.29) is 5.92 Å². The second-order valence-corrected chi connectivity index (χ2v) is 6.58. The minimum Gasteiger partial charge on any atom is -0.465 e. The van der Waals surface area contributed by atoms with Crippen LogP contribution in [0.4, 0.5) is 18.0 Å². The Balaban J connectivity index is 1.85. The summed E-state index contributed by atoms with van der Waals surface area (Å²) in [5.74, 6) is 0.986. The lowest BCUT2D eigenvalue weighted by Crippen LogP contribution is -2.37. The normalized spacial score (nSPS) is 16.1. The van der Waals surface area contributed by atoms with Gasteiger partial charge < -0.3 is 14.6 Å². The average molecular weight is 367 g/mol. The lowest BCUT2D eigenvalue weighted by atomic mass is 9.96. The predicted molar refractivity (Wildman–Crippen MR) is 90.0 cm³/mol. The van der Waals surface area contributed by atoms with E-state index in [0.717, 1.165) is 23.7 Å². The molecule has 1 N–H and O–H groups in total. The number of hydrogen-bond acceptors (Lipinski definition) is 2. The van der Waals surface area contributed by atoms with Gasteiger partial charge in [0.1, 0.15) is 5.82 Å². The molecule has 0 aliphatic carbocycles. The van der Waals surface area contributed by atoms with Gasteiger partial charge in [-0.1, -0.05) is 12.1 Å². The largest absolute Gasteiger partial charge is 0.465 e. The zero-order valence-electron chi connectivity index (χ0n) is 14.5. The molecule has 0 unspecified atom stereocenters. The molecular formula is C18H20F3N3O2. The van der Waals surface area contributed by atoms with Gasteiger partial charge in [0.05, 0.1) is 11.3 Å². The lowest BCUT2D eigenvalue weighted by molar-refractivity contribution is -0.137. The molecule has 1 amide bonds. The van der Waals surface area contributed by atoms with Crippen molar-refractivity contribution in [3.63, 3.8) is 0 Å². The highest BCUT2D eigenvalue weighted by Gasteiger charge is 2.31. The van der Waals surface area contributed by atoms with Crippen molar-refractivity contribution in [3.05, 3.63) is 41.3 Å².